The third-order valence-electron chi connectivity index (χ3n) is 4.33. The van der Waals surface area contributed by atoms with Crippen molar-refractivity contribution in [3.05, 3.63) is 46.2 Å². The molecule has 1 amide bonds. The number of rotatable bonds is 1. The summed E-state index contributed by atoms with van der Waals surface area (Å²) in [6.45, 7) is 3.73. The number of aromatic nitrogens is 1. The highest BCUT2D eigenvalue weighted by Crippen LogP contribution is 2.21. The van der Waals surface area contributed by atoms with E-state index in [1.54, 1.807) is 11.6 Å². The monoisotopic (exact) mass is 284 g/mol. The number of piperidine rings is 1. The van der Waals surface area contributed by atoms with Gasteiger partial charge in [-0.2, -0.15) is 0 Å². The summed E-state index contributed by atoms with van der Waals surface area (Å²) in [5.41, 5.74) is 1.20. The van der Waals surface area contributed by atoms with Crippen molar-refractivity contribution < 1.29 is 4.79 Å². The van der Waals surface area contributed by atoms with Gasteiger partial charge in [-0.3, -0.25) is 9.59 Å². The van der Waals surface area contributed by atoms with E-state index in [1.807, 2.05) is 29.2 Å². The van der Waals surface area contributed by atoms with Crippen LogP contribution in [0.25, 0.3) is 10.9 Å². The molecule has 1 aromatic heterocycles. The molecule has 1 saturated heterocycles. The highest BCUT2D eigenvalue weighted by atomic mass is 16.2. The van der Waals surface area contributed by atoms with E-state index in [0.29, 0.717) is 11.5 Å². The fraction of sp³-hybridized carbons (Fsp3) is 0.412. The van der Waals surface area contributed by atoms with Crippen LogP contribution in [0, 0.1) is 5.92 Å². The zero-order valence-electron chi connectivity index (χ0n) is 12.5. The van der Waals surface area contributed by atoms with Crippen LogP contribution in [0.1, 0.15) is 30.1 Å². The molecule has 21 heavy (non-hydrogen) atoms. The maximum Gasteiger partial charge on any atom is 0.254 e. The lowest BCUT2D eigenvalue weighted by Crippen LogP contribution is -2.39. The molecule has 4 heteroatoms. The fourth-order valence-corrected chi connectivity index (χ4v) is 3.13. The lowest BCUT2D eigenvalue weighted by atomic mass is 9.99. The summed E-state index contributed by atoms with van der Waals surface area (Å²) in [5, 5.41) is 0.850. The number of pyridine rings is 1. The van der Waals surface area contributed by atoms with Crippen molar-refractivity contribution in [1.82, 2.24) is 9.47 Å². The molecule has 0 spiro atoms. The molecule has 2 heterocycles. The Balaban J connectivity index is 2.10. The lowest BCUT2D eigenvalue weighted by Gasteiger charge is -2.31. The average molecular weight is 284 g/mol. The van der Waals surface area contributed by atoms with Gasteiger partial charge in [-0.1, -0.05) is 25.1 Å². The van der Waals surface area contributed by atoms with Crippen molar-refractivity contribution in [2.75, 3.05) is 13.1 Å². The molecule has 4 nitrogen and oxygen atoms in total. The highest BCUT2D eigenvalue weighted by Gasteiger charge is 2.24. The zero-order chi connectivity index (χ0) is 15.0. The SMILES string of the molecule is CC1CCCN(C(=O)c2cc(=O)n(C)c3ccccc23)C1. The number of carbonyl (C=O) groups excluding carboxylic acids is 1. The molecule has 0 N–H and O–H groups in total. The van der Waals surface area contributed by atoms with Crippen molar-refractivity contribution >= 4 is 16.8 Å². The van der Waals surface area contributed by atoms with E-state index in [4.69, 9.17) is 0 Å². The largest absolute Gasteiger partial charge is 0.338 e. The topological polar surface area (TPSA) is 42.3 Å². The molecule has 110 valence electrons. The van der Waals surface area contributed by atoms with Gasteiger partial charge in [-0.05, 0) is 24.8 Å². The third kappa shape index (κ3) is 2.46. The molecule has 0 saturated carbocycles. The standard InChI is InChI=1S/C17H20N2O2/c1-12-6-5-9-19(11-12)17(21)14-10-16(20)18(2)15-8-4-3-7-13(14)15/h3-4,7-8,10,12H,5-6,9,11H2,1-2H3. The summed E-state index contributed by atoms with van der Waals surface area (Å²) in [5.74, 6) is 0.510. The van der Waals surface area contributed by atoms with Gasteiger partial charge < -0.3 is 9.47 Å². The maximum atomic E-state index is 12.8. The van der Waals surface area contributed by atoms with Gasteiger partial charge in [0.2, 0.25) is 0 Å². The van der Waals surface area contributed by atoms with E-state index in [9.17, 15) is 9.59 Å². The quantitative estimate of drug-likeness (QED) is 0.807. The first-order chi connectivity index (χ1) is 10.1. The smallest absolute Gasteiger partial charge is 0.254 e. The van der Waals surface area contributed by atoms with Gasteiger partial charge in [0.15, 0.2) is 0 Å². The summed E-state index contributed by atoms with van der Waals surface area (Å²) < 4.78 is 1.59. The van der Waals surface area contributed by atoms with Gasteiger partial charge >= 0.3 is 0 Å². The molecule has 0 bridgehead atoms. The minimum absolute atomic E-state index is 0.0181. The van der Waals surface area contributed by atoms with Crippen LogP contribution in [0.4, 0.5) is 0 Å². The minimum atomic E-state index is -0.137. The number of para-hydroxylation sites is 1. The van der Waals surface area contributed by atoms with Crippen molar-refractivity contribution in [1.29, 1.82) is 0 Å². The Morgan fingerprint density at radius 1 is 1.29 bits per heavy atom. The van der Waals surface area contributed by atoms with Gasteiger partial charge in [-0.25, -0.2) is 0 Å². The van der Waals surface area contributed by atoms with Gasteiger partial charge in [0.1, 0.15) is 0 Å². The number of aryl methyl sites for hydroxylation is 1. The van der Waals surface area contributed by atoms with Crippen LogP contribution in [0.2, 0.25) is 0 Å². The van der Waals surface area contributed by atoms with Crippen molar-refractivity contribution in [2.45, 2.75) is 19.8 Å². The van der Waals surface area contributed by atoms with Gasteiger partial charge in [0.05, 0.1) is 11.1 Å². The second kappa shape index (κ2) is 5.35. The van der Waals surface area contributed by atoms with E-state index in [1.165, 1.54) is 12.5 Å². The summed E-state index contributed by atoms with van der Waals surface area (Å²) in [6, 6.07) is 9.06. The van der Waals surface area contributed by atoms with Crippen molar-refractivity contribution in [3.63, 3.8) is 0 Å². The minimum Gasteiger partial charge on any atom is -0.338 e. The van der Waals surface area contributed by atoms with E-state index >= 15 is 0 Å². The second-order valence-electron chi connectivity index (χ2n) is 5.97. The first-order valence-electron chi connectivity index (χ1n) is 7.46. The normalized spacial score (nSPS) is 19.0. The Labute approximate surface area is 124 Å². The molecule has 0 aliphatic carbocycles. The Kier molecular flexibility index (Phi) is 3.53. The number of likely N-dealkylation sites (tertiary alicyclic amines) is 1. The number of amides is 1. The van der Waals surface area contributed by atoms with Crippen LogP contribution in [0.3, 0.4) is 0 Å². The van der Waals surface area contributed by atoms with Gasteiger partial charge in [0, 0.05) is 31.6 Å². The first-order valence-corrected chi connectivity index (χ1v) is 7.46. The Hall–Kier alpha value is -2.10. The molecule has 3 rings (SSSR count). The fourth-order valence-electron chi connectivity index (χ4n) is 3.13. The molecule has 1 aliphatic heterocycles. The molecule has 0 radical (unpaired) electrons. The molecular weight excluding hydrogens is 264 g/mol. The van der Waals surface area contributed by atoms with E-state index in [0.717, 1.165) is 30.4 Å². The average Bonchev–Trinajstić information content (AvgIpc) is 2.50. The molecule has 2 aromatic rings. The molecule has 1 unspecified atom stereocenters. The van der Waals surface area contributed by atoms with Crippen LogP contribution in [-0.4, -0.2) is 28.5 Å². The van der Waals surface area contributed by atoms with Crippen LogP contribution < -0.4 is 5.56 Å². The van der Waals surface area contributed by atoms with Crippen molar-refractivity contribution in [2.24, 2.45) is 13.0 Å². The predicted octanol–water partition coefficient (Wildman–Crippen LogP) is 2.41. The first kappa shape index (κ1) is 13.9. The third-order valence-corrected chi connectivity index (χ3v) is 4.33. The highest BCUT2D eigenvalue weighted by molar-refractivity contribution is 6.06. The Morgan fingerprint density at radius 2 is 2.05 bits per heavy atom. The lowest BCUT2D eigenvalue weighted by molar-refractivity contribution is 0.0685. The Morgan fingerprint density at radius 3 is 2.81 bits per heavy atom. The second-order valence-corrected chi connectivity index (χ2v) is 5.97. The number of nitrogens with zero attached hydrogens (tertiary/aromatic N) is 2. The summed E-state index contributed by atoms with van der Waals surface area (Å²) >= 11 is 0. The number of hydrogen-bond donors (Lipinski definition) is 0. The number of fused-ring (bicyclic) bond motifs is 1. The molecule has 1 atom stereocenters. The Bertz CT molecular complexity index is 748. The zero-order valence-corrected chi connectivity index (χ0v) is 12.5. The van der Waals surface area contributed by atoms with E-state index < -0.39 is 0 Å². The maximum absolute atomic E-state index is 12.8. The molecule has 1 aliphatic rings. The summed E-state index contributed by atoms with van der Waals surface area (Å²) in [6.07, 6.45) is 2.21. The molecule has 1 fully saturated rings. The van der Waals surface area contributed by atoms with Crippen molar-refractivity contribution in [3.8, 4) is 0 Å². The summed E-state index contributed by atoms with van der Waals surface area (Å²) in [7, 11) is 1.74. The van der Waals surface area contributed by atoms with Gasteiger partial charge in [-0.15, -0.1) is 0 Å². The van der Waals surface area contributed by atoms with Gasteiger partial charge in [0.25, 0.3) is 11.5 Å². The summed E-state index contributed by atoms with van der Waals surface area (Å²) in [4.78, 5) is 26.8. The molecular formula is C17H20N2O2. The number of hydrogen-bond acceptors (Lipinski definition) is 2. The van der Waals surface area contributed by atoms with E-state index in [-0.39, 0.29) is 11.5 Å². The van der Waals surface area contributed by atoms with Crippen LogP contribution >= 0.6 is 0 Å². The number of benzene rings is 1. The van der Waals surface area contributed by atoms with Crippen LogP contribution in [-0.2, 0) is 7.05 Å². The van der Waals surface area contributed by atoms with Crippen LogP contribution in [0.15, 0.2) is 35.1 Å². The van der Waals surface area contributed by atoms with E-state index in [2.05, 4.69) is 6.92 Å². The number of carbonyl (C=O) groups is 1. The predicted molar refractivity (Wildman–Crippen MR) is 83.5 cm³/mol. The van der Waals surface area contributed by atoms with Crippen LogP contribution in [0.5, 0.6) is 0 Å². The molecule has 1 aromatic carbocycles.